The van der Waals surface area contributed by atoms with E-state index in [1.54, 1.807) is 54.6 Å². The van der Waals surface area contributed by atoms with Crippen molar-refractivity contribution in [2.75, 3.05) is 18.6 Å². The van der Waals surface area contributed by atoms with Crippen LogP contribution in [0.1, 0.15) is 23.4 Å². The molecule has 0 aliphatic carbocycles. The molecule has 0 N–H and O–H groups in total. The number of anilines is 1. The summed E-state index contributed by atoms with van der Waals surface area (Å²) in [6.45, 7) is 2.27. The first kappa shape index (κ1) is 25.6. The number of ether oxygens (including phenoxy) is 2. The number of hydrogen-bond donors (Lipinski definition) is 0. The van der Waals surface area contributed by atoms with Crippen LogP contribution in [0.2, 0.25) is 0 Å². The fourth-order valence-electron chi connectivity index (χ4n) is 4.06. The Hall–Kier alpha value is -4.44. The minimum atomic E-state index is -4.26. The predicted octanol–water partition coefficient (Wildman–Crippen LogP) is 5.06. The van der Waals surface area contributed by atoms with Crippen LogP contribution >= 0.6 is 0 Å². The number of carbonyl (C=O) groups is 1. The predicted molar refractivity (Wildman–Crippen MR) is 140 cm³/mol. The molecule has 37 heavy (non-hydrogen) atoms. The number of non-ortho nitro benzene ring substituents is 1. The third-order valence-electron chi connectivity index (χ3n) is 5.72. The molecule has 0 bridgehead atoms. The molecule has 0 spiro atoms. The SMILES string of the molecule is CCOc1ccc(N2C(=O)/C(=C/C=C/c3ccccc3OC)S(=O)(=O)C2c2cccc([N+](=O)[O-])c2)cc1. The second kappa shape index (κ2) is 10.7. The Morgan fingerprint density at radius 3 is 2.46 bits per heavy atom. The van der Waals surface area contributed by atoms with Crippen molar-refractivity contribution in [3.05, 3.63) is 111 Å². The van der Waals surface area contributed by atoms with Crippen LogP contribution in [-0.4, -0.2) is 33.0 Å². The van der Waals surface area contributed by atoms with Gasteiger partial charge < -0.3 is 9.47 Å². The number of carbonyl (C=O) groups excluding carboxylic acids is 1. The van der Waals surface area contributed by atoms with Crippen LogP contribution in [0.25, 0.3) is 6.08 Å². The van der Waals surface area contributed by atoms with Crippen molar-refractivity contribution >= 4 is 33.2 Å². The van der Waals surface area contributed by atoms with Gasteiger partial charge in [0.1, 0.15) is 16.4 Å². The minimum absolute atomic E-state index is 0.105. The molecular weight excluding hydrogens is 496 g/mol. The summed E-state index contributed by atoms with van der Waals surface area (Å²) in [6, 6.07) is 18.9. The molecule has 1 heterocycles. The first-order valence-corrected chi connectivity index (χ1v) is 12.9. The van der Waals surface area contributed by atoms with Gasteiger partial charge in [-0.05, 0) is 48.9 Å². The van der Waals surface area contributed by atoms with Gasteiger partial charge in [0, 0.05) is 23.4 Å². The number of methoxy groups -OCH3 is 1. The fourth-order valence-corrected chi connectivity index (χ4v) is 5.91. The maximum absolute atomic E-state index is 13.7. The molecule has 10 heteroatoms. The summed E-state index contributed by atoms with van der Waals surface area (Å²) < 4.78 is 38.2. The molecular formula is C27H24N2O7S. The van der Waals surface area contributed by atoms with Crippen LogP contribution in [0.3, 0.4) is 0 Å². The Bertz CT molecular complexity index is 1500. The topological polar surface area (TPSA) is 116 Å². The maximum Gasteiger partial charge on any atom is 0.271 e. The number of rotatable bonds is 8. The molecule has 1 atom stereocenters. The molecule has 9 nitrogen and oxygen atoms in total. The van der Waals surface area contributed by atoms with Gasteiger partial charge in [-0.25, -0.2) is 8.42 Å². The van der Waals surface area contributed by atoms with Gasteiger partial charge in [-0.15, -0.1) is 0 Å². The molecule has 0 saturated carbocycles. The highest BCUT2D eigenvalue weighted by Crippen LogP contribution is 2.43. The average molecular weight is 521 g/mol. The van der Waals surface area contributed by atoms with E-state index in [9.17, 15) is 23.3 Å². The second-order valence-corrected chi connectivity index (χ2v) is 9.96. The third kappa shape index (κ3) is 5.10. The Morgan fingerprint density at radius 2 is 1.78 bits per heavy atom. The summed E-state index contributed by atoms with van der Waals surface area (Å²) in [7, 11) is -2.74. The van der Waals surface area contributed by atoms with Crippen molar-refractivity contribution in [1.29, 1.82) is 0 Å². The Balaban J connectivity index is 1.82. The molecule has 1 aliphatic rings. The normalized spacial score (nSPS) is 17.9. The van der Waals surface area contributed by atoms with Crippen molar-refractivity contribution in [2.24, 2.45) is 0 Å². The van der Waals surface area contributed by atoms with E-state index in [4.69, 9.17) is 9.47 Å². The number of para-hydroxylation sites is 1. The second-order valence-electron chi connectivity index (χ2n) is 7.98. The van der Waals surface area contributed by atoms with Crippen LogP contribution in [0.15, 0.2) is 89.9 Å². The maximum atomic E-state index is 13.7. The van der Waals surface area contributed by atoms with E-state index < -0.39 is 30.9 Å². The van der Waals surface area contributed by atoms with E-state index in [0.29, 0.717) is 29.4 Å². The summed E-state index contributed by atoms with van der Waals surface area (Å²) >= 11 is 0. The lowest BCUT2D eigenvalue weighted by Crippen LogP contribution is -2.29. The van der Waals surface area contributed by atoms with Gasteiger partial charge in [0.05, 0.1) is 18.6 Å². The molecule has 3 aromatic rings. The monoisotopic (exact) mass is 520 g/mol. The molecule has 0 radical (unpaired) electrons. The van der Waals surface area contributed by atoms with Crippen molar-refractivity contribution in [3.8, 4) is 11.5 Å². The van der Waals surface area contributed by atoms with Gasteiger partial charge in [-0.3, -0.25) is 19.8 Å². The van der Waals surface area contributed by atoms with Crippen molar-refractivity contribution in [3.63, 3.8) is 0 Å². The number of nitro benzene ring substituents is 1. The summed E-state index contributed by atoms with van der Waals surface area (Å²) in [5.74, 6) is 0.400. The smallest absolute Gasteiger partial charge is 0.271 e. The molecule has 4 rings (SSSR count). The minimum Gasteiger partial charge on any atom is -0.496 e. The Morgan fingerprint density at radius 1 is 1.05 bits per heavy atom. The number of benzene rings is 3. The van der Waals surface area contributed by atoms with Gasteiger partial charge in [0.2, 0.25) is 9.84 Å². The quantitative estimate of drug-likeness (QED) is 0.232. The number of nitro groups is 1. The number of hydrogen-bond acceptors (Lipinski definition) is 7. The zero-order chi connectivity index (χ0) is 26.6. The highest BCUT2D eigenvalue weighted by molar-refractivity contribution is 7.97. The average Bonchev–Trinajstić information content (AvgIpc) is 3.09. The number of allylic oxidation sites excluding steroid dienone is 2. The molecule has 1 unspecified atom stereocenters. The lowest BCUT2D eigenvalue weighted by molar-refractivity contribution is -0.384. The van der Waals surface area contributed by atoms with Crippen LogP contribution in [0.4, 0.5) is 11.4 Å². The van der Waals surface area contributed by atoms with E-state index in [0.717, 1.165) is 4.90 Å². The van der Waals surface area contributed by atoms with E-state index in [1.165, 1.54) is 43.5 Å². The summed E-state index contributed by atoms with van der Waals surface area (Å²) in [5.41, 5.74) is 0.836. The highest BCUT2D eigenvalue weighted by atomic mass is 32.2. The first-order valence-electron chi connectivity index (χ1n) is 11.3. The molecule has 1 amide bonds. The summed E-state index contributed by atoms with van der Waals surface area (Å²) in [6.07, 6.45) is 4.34. The number of sulfone groups is 1. The van der Waals surface area contributed by atoms with Gasteiger partial charge >= 0.3 is 0 Å². The third-order valence-corrected chi connectivity index (χ3v) is 7.71. The molecule has 190 valence electrons. The zero-order valence-electron chi connectivity index (χ0n) is 20.1. The zero-order valence-corrected chi connectivity index (χ0v) is 20.9. The van der Waals surface area contributed by atoms with Gasteiger partial charge in [-0.1, -0.05) is 42.5 Å². The van der Waals surface area contributed by atoms with Gasteiger partial charge in [-0.2, -0.15) is 0 Å². The standard InChI is InChI=1S/C27H24N2O7S/c1-3-36-23-16-14-21(15-17-23)28-26(30)25(13-7-9-19-8-4-5-12-24(19)35-2)37(33,34)27(28)20-10-6-11-22(18-20)29(31)32/h4-18,27H,3H2,1-2H3/b9-7+,25-13-. The largest absolute Gasteiger partial charge is 0.496 e. The van der Waals surface area contributed by atoms with Crippen LogP contribution in [0, 0.1) is 10.1 Å². The molecule has 1 aliphatic heterocycles. The van der Waals surface area contributed by atoms with Crippen LogP contribution in [0.5, 0.6) is 11.5 Å². The van der Waals surface area contributed by atoms with Crippen LogP contribution in [-0.2, 0) is 14.6 Å². The lowest BCUT2D eigenvalue weighted by Gasteiger charge is -2.23. The highest BCUT2D eigenvalue weighted by Gasteiger charge is 2.50. The Labute approximate surface area is 214 Å². The fraction of sp³-hybridized carbons (Fsp3) is 0.148. The van der Waals surface area contributed by atoms with Gasteiger partial charge in [0.25, 0.3) is 11.6 Å². The summed E-state index contributed by atoms with van der Waals surface area (Å²) in [4.78, 5) is 25.0. The van der Waals surface area contributed by atoms with Crippen molar-refractivity contribution < 1.29 is 27.6 Å². The Kier molecular flexibility index (Phi) is 7.40. The van der Waals surface area contributed by atoms with Gasteiger partial charge in [0.15, 0.2) is 5.37 Å². The van der Waals surface area contributed by atoms with Crippen molar-refractivity contribution in [1.82, 2.24) is 0 Å². The lowest BCUT2D eigenvalue weighted by atomic mass is 10.1. The summed E-state index contributed by atoms with van der Waals surface area (Å²) in [5, 5.41) is 9.89. The molecule has 3 aromatic carbocycles. The molecule has 1 fully saturated rings. The van der Waals surface area contributed by atoms with E-state index in [-0.39, 0.29) is 11.3 Å². The molecule has 1 saturated heterocycles. The molecule has 0 aromatic heterocycles. The number of amides is 1. The first-order chi connectivity index (χ1) is 17.8. The number of nitrogens with zero attached hydrogens (tertiary/aromatic N) is 2. The van der Waals surface area contributed by atoms with Crippen molar-refractivity contribution in [2.45, 2.75) is 12.3 Å². The van der Waals surface area contributed by atoms with E-state index in [2.05, 4.69) is 0 Å². The van der Waals surface area contributed by atoms with E-state index >= 15 is 0 Å². The van der Waals surface area contributed by atoms with E-state index in [1.807, 2.05) is 6.92 Å². The van der Waals surface area contributed by atoms with Crippen LogP contribution < -0.4 is 14.4 Å².